The monoisotopic (exact) mass is 319 g/mol. The smallest absolute Gasteiger partial charge is 0.221 e. The van der Waals surface area contributed by atoms with Gasteiger partial charge in [0.2, 0.25) is 5.91 Å². The summed E-state index contributed by atoms with van der Waals surface area (Å²) < 4.78 is 7.07. The molecule has 0 fully saturated rings. The van der Waals surface area contributed by atoms with Crippen LogP contribution in [-0.2, 0) is 11.3 Å². The zero-order chi connectivity index (χ0) is 15.8. The number of hydrogen-bond donors (Lipinski definition) is 1. The summed E-state index contributed by atoms with van der Waals surface area (Å²) in [6.45, 7) is 2.73. The molecule has 1 aromatic heterocycles. The largest absolute Gasteiger partial charge is 0.497 e. The molecule has 1 N–H and O–H groups in total. The minimum absolute atomic E-state index is 0.0774. The fraction of sp³-hybridized carbons (Fsp3) is 0.375. The Morgan fingerprint density at radius 3 is 2.82 bits per heavy atom. The van der Waals surface area contributed by atoms with E-state index in [-0.39, 0.29) is 11.9 Å². The Kier molecular flexibility index (Phi) is 6.33. The third-order valence-electron chi connectivity index (χ3n) is 3.11. The summed E-state index contributed by atoms with van der Waals surface area (Å²) in [4.78, 5) is 17.0. The molecule has 0 spiro atoms. The summed E-state index contributed by atoms with van der Waals surface area (Å²) in [5.41, 5.74) is 0. The number of aromatic nitrogens is 2. The Labute approximate surface area is 135 Å². The van der Waals surface area contributed by atoms with Crippen molar-refractivity contribution in [3.05, 3.63) is 43.0 Å². The minimum Gasteiger partial charge on any atom is -0.497 e. The van der Waals surface area contributed by atoms with Crippen molar-refractivity contribution in [3.63, 3.8) is 0 Å². The Hall–Kier alpha value is -1.95. The lowest BCUT2D eigenvalue weighted by Crippen LogP contribution is -2.35. The van der Waals surface area contributed by atoms with Gasteiger partial charge in [-0.3, -0.25) is 4.79 Å². The molecule has 118 valence electrons. The fourth-order valence-electron chi connectivity index (χ4n) is 2.04. The van der Waals surface area contributed by atoms with Gasteiger partial charge >= 0.3 is 0 Å². The molecule has 5 nitrogen and oxygen atoms in total. The summed E-state index contributed by atoms with van der Waals surface area (Å²) in [5, 5.41) is 3.00. The van der Waals surface area contributed by atoms with Gasteiger partial charge in [-0.1, -0.05) is 0 Å². The normalized spacial score (nSPS) is 11.9. The van der Waals surface area contributed by atoms with Crippen molar-refractivity contribution in [1.82, 2.24) is 14.9 Å². The average molecular weight is 319 g/mol. The first-order valence-electron chi connectivity index (χ1n) is 7.19. The molecule has 6 heteroatoms. The summed E-state index contributed by atoms with van der Waals surface area (Å²) in [6, 6.07) is 7.95. The molecule has 2 rings (SSSR count). The van der Waals surface area contributed by atoms with Crippen LogP contribution in [0.2, 0.25) is 0 Å². The first-order chi connectivity index (χ1) is 10.7. The summed E-state index contributed by atoms with van der Waals surface area (Å²) in [5.74, 6) is 1.68. The van der Waals surface area contributed by atoms with E-state index in [1.807, 2.05) is 42.0 Å². The molecule has 22 heavy (non-hydrogen) atoms. The topological polar surface area (TPSA) is 56.1 Å². The molecule has 1 amide bonds. The number of nitrogens with one attached hydrogen (secondary N) is 1. The summed E-state index contributed by atoms with van der Waals surface area (Å²) in [6.07, 6.45) is 5.88. The maximum Gasteiger partial charge on any atom is 0.221 e. The second kappa shape index (κ2) is 8.48. The zero-order valence-electron chi connectivity index (χ0n) is 12.9. The van der Waals surface area contributed by atoms with Gasteiger partial charge in [-0.2, -0.15) is 0 Å². The molecule has 0 aliphatic carbocycles. The number of nitrogens with zero attached hydrogens (tertiary/aromatic N) is 2. The molecule has 1 unspecified atom stereocenters. The lowest BCUT2D eigenvalue weighted by Gasteiger charge is -2.14. The van der Waals surface area contributed by atoms with Gasteiger partial charge in [0.1, 0.15) is 5.75 Å². The number of thioether (sulfide) groups is 1. The van der Waals surface area contributed by atoms with Gasteiger partial charge in [-0.25, -0.2) is 4.98 Å². The molecule has 0 aliphatic rings. The minimum atomic E-state index is 0.0774. The first-order valence-corrected chi connectivity index (χ1v) is 8.18. The molecule has 1 heterocycles. The van der Waals surface area contributed by atoms with Crippen LogP contribution in [0.15, 0.2) is 47.9 Å². The average Bonchev–Trinajstić information content (AvgIpc) is 3.00. The molecule has 1 aromatic carbocycles. The van der Waals surface area contributed by atoms with Crippen LogP contribution >= 0.6 is 11.8 Å². The van der Waals surface area contributed by atoms with Crippen molar-refractivity contribution in [2.24, 2.45) is 0 Å². The molecule has 0 saturated carbocycles. The SMILES string of the molecule is COc1ccc(SCCC(=O)NC(C)Cn2ccnc2)cc1. The van der Waals surface area contributed by atoms with E-state index in [9.17, 15) is 4.79 Å². The van der Waals surface area contributed by atoms with Crippen LogP contribution in [0.25, 0.3) is 0 Å². The van der Waals surface area contributed by atoms with Crippen LogP contribution in [0.4, 0.5) is 0 Å². The number of methoxy groups -OCH3 is 1. The Balaban J connectivity index is 1.66. The highest BCUT2D eigenvalue weighted by molar-refractivity contribution is 7.99. The Morgan fingerprint density at radius 1 is 1.41 bits per heavy atom. The second-order valence-electron chi connectivity index (χ2n) is 5.00. The molecule has 0 bridgehead atoms. The molecule has 1 atom stereocenters. The number of carbonyl (C=O) groups excluding carboxylic acids is 1. The fourth-order valence-corrected chi connectivity index (χ4v) is 2.89. The van der Waals surface area contributed by atoms with Gasteiger partial charge in [0.05, 0.1) is 13.4 Å². The second-order valence-corrected chi connectivity index (χ2v) is 6.17. The van der Waals surface area contributed by atoms with Crippen molar-refractivity contribution in [1.29, 1.82) is 0 Å². The highest BCUT2D eigenvalue weighted by Crippen LogP contribution is 2.21. The van der Waals surface area contributed by atoms with Gasteiger partial charge < -0.3 is 14.6 Å². The highest BCUT2D eigenvalue weighted by Gasteiger charge is 2.08. The third-order valence-corrected chi connectivity index (χ3v) is 4.12. The maximum atomic E-state index is 11.9. The van der Waals surface area contributed by atoms with Crippen LogP contribution in [-0.4, -0.2) is 34.4 Å². The van der Waals surface area contributed by atoms with Gasteiger partial charge in [-0.05, 0) is 31.2 Å². The summed E-state index contributed by atoms with van der Waals surface area (Å²) >= 11 is 1.67. The van der Waals surface area contributed by atoms with Gasteiger partial charge in [0, 0.05) is 42.0 Å². The summed E-state index contributed by atoms with van der Waals surface area (Å²) in [7, 11) is 1.65. The Bertz CT molecular complexity index is 570. The van der Waals surface area contributed by atoms with Crippen LogP contribution in [0, 0.1) is 0 Å². The van der Waals surface area contributed by atoms with Crippen LogP contribution in [0.5, 0.6) is 5.75 Å². The first kappa shape index (κ1) is 16.4. The lowest BCUT2D eigenvalue weighted by atomic mass is 10.3. The van der Waals surface area contributed by atoms with E-state index in [2.05, 4.69) is 10.3 Å². The molecule has 2 aromatic rings. The van der Waals surface area contributed by atoms with Gasteiger partial charge in [0.25, 0.3) is 0 Å². The standard InChI is InChI=1S/C16H21N3O2S/c1-13(11-19-9-8-17-12-19)18-16(20)7-10-22-15-5-3-14(21-2)4-6-15/h3-6,8-9,12-13H,7,10-11H2,1-2H3,(H,18,20). The number of amides is 1. The number of imidazole rings is 1. The number of hydrogen-bond acceptors (Lipinski definition) is 4. The lowest BCUT2D eigenvalue weighted by molar-refractivity contribution is -0.121. The van der Waals surface area contributed by atoms with E-state index in [0.717, 1.165) is 22.9 Å². The van der Waals surface area contributed by atoms with E-state index >= 15 is 0 Å². The van der Waals surface area contributed by atoms with Gasteiger partial charge in [0.15, 0.2) is 0 Å². The molecule has 0 saturated heterocycles. The van der Waals surface area contributed by atoms with Crippen molar-refractivity contribution < 1.29 is 9.53 Å². The third kappa shape index (κ3) is 5.44. The number of carbonyl (C=O) groups is 1. The quantitative estimate of drug-likeness (QED) is 0.760. The molecular weight excluding hydrogens is 298 g/mol. The van der Waals surface area contributed by atoms with Crippen LogP contribution in [0.1, 0.15) is 13.3 Å². The number of rotatable bonds is 8. The molecule has 0 aliphatic heterocycles. The van der Waals surface area contributed by atoms with Crippen molar-refractivity contribution in [2.75, 3.05) is 12.9 Å². The van der Waals surface area contributed by atoms with Crippen molar-refractivity contribution in [2.45, 2.75) is 30.8 Å². The van der Waals surface area contributed by atoms with E-state index < -0.39 is 0 Å². The van der Waals surface area contributed by atoms with Gasteiger partial charge in [-0.15, -0.1) is 11.8 Å². The van der Waals surface area contributed by atoms with E-state index in [1.165, 1.54) is 0 Å². The molecule has 0 radical (unpaired) electrons. The highest BCUT2D eigenvalue weighted by atomic mass is 32.2. The van der Waals surface area contributed by atoms with Crippen molar-refractivity contribution in [3.8, 4) is 5.75 Å². The van der Waals surface area contributed by atoms with E-state index in [0.29, 0.717) is 6.42 Å². The van der Waals surface area contributed by atoms with Crippen molar-refractivity contribution >= 4 is 17.7 Å². The number of ether oxygens (including phenoxy) is 1. The predicted molar refractivity (Wildman–Crippen MR) is 88.2 cm³/mol. The molecular formula is C16H21N3O2S. The predicted octanol–water partition coefficient (Wildman–Crippen LogP) is 2.58. The zero-order valence-corrected chi connectivity index (χ0v) is 13.7. The van der Waals surface area contributed by atoms with Crippen LogP contribution in [0.3, 0.4) is 0 Å². The maximum absolute atomic E-state index is 11.9. The van der Waals surface area contributed by atoms with E-state index in [1.54, 1.807) is 31.4 Å². The van der Waals surface area contributed by atoms with E-state index in [4.69, 9.17) is 4.74 Å². The van der Waals surface area contributed by atoms with Crippen LogP contribution < -0.4 is 10.1 Å². The number of benzene rings is 1. The Morgan fingerprint density at radius 2 is 2.18 bits per heavy atom.